The highest BCUT2D eigenvalue weighted by Gasteiger charge is 2.31. The molecule has 4 rings (SSSR count). The third kappa shape index (κ3) is 5.17. The first-order chi connectivity index (χ1) is 14.2. The van der Waals surface area contributed by atoms with Crippen LogP contribution in [0.2, 0.25) is 0 Å². The minimum atomic E-state index is 0.0505. The number of aliphatic imine (C=N–C) groups is 2. The molecule has 0 amide bonds. The van der Waals surface area contributed by atoms with E-state index in [0.29, 0.717) is 12.0 Å². The topological polar surface area (TPSA) is 55.2 Å². The fourth-order valence-electron chi connectivity index (χ4n) is 3.81. The Morgan fingerprint density at radius 2 is 1.10 bits per heavy atom. The SMILES string of the molecule is CC1OC(NC2=NC(CCc3ccccc3)C(C)O2)=NC1CCc1ccccc1. The van der Waals surface area contributed by atoms with E-state index in [2.05, 4.69) is 67.7 Å². The maximum absolute atomic E-state index is 5.90. The first kappa shape index (κ1) is 19.5. The molecule has 5 nitrogen and oxygen atoms in total. The molecule has 0 aliphatic carbocycles. The van der Waals surface area contributed by atoms with E-state index in [-0.39, 0.29) is 24.3 Å². The van der Waals surface area contributed by atoms with Gasteiger partial charge in [-0.1, -0.05) is 60.7 Å². The summed E-state index contributed by atoms with van der Waals surface area (Å²) in [4.78, 5) is 9.43. The molecular formula is C24H29N3O2. The molecule has 0 bridgehead atoms. The van der Waals surface area contributed by atoms with Crippen molar-refractivity contribution >= 4 is 12.0 Å². The summed E-state index contributed by atoms with van der Waals surface area (Å²) in [6, 6.07) is 22.3. The second-order valence-electron chi connectivity index (χ2n) is 7.82. The molecular weight excluding hydrogens is 362 g/mol. The normalized spacial score (nSPS) is 25.7. The van der Waals surface area contributed by atoms with Gasteiger partial charge < -0.3 is 9.47 Å². The fourth-order valence-corrected chi connectivity index (χ4v) is 3.81. The van der Waals surface area contributed by atoms with E-state index in [9.17, 15) is 0 Å². The average Bonchev–Trinajstić information content (AvgIpc) is 3.27. The summed E-state index contributed by atoms with van der Waals surface area (Å²) in [5, 5.41) is 3.15. The lowest BCUT2D eigenvalue weighted by Gasteiger charge is -2.13. The van der Waals surface area contributed by atoms with Crippen molar-refractivity contribution in [2.75, 3.05) is 0 Å². The number of ether oxygens (including phenoxy) is 2. The highest BCUT2D eigenvalue weighted by Crippen LogP contribution is 2.21. The van der Waals surface area contributed by atoms with Crippen LogP contribution in [0.1, 0.15) is 37.8 Å². The maximum atomic E-state index is 5.90. The standard InChI is InChI=1S/C24H29N3O2/c1-17-21(15-13-19-9-5-3-6-10-19)25-23(28-17)27-24-26-22(18(2)29-24)16-14-20-11-7-4-8-12-20/h3-12,17-18,21-22H,13-16H2,1-2H3,(H,25,26,27). The molecule has 2 aliphatic rings. The lowest BCUT2D eigenvalue weighted by Crippen LogP contribution is -2.32. The van der Waals surface area contributed by atoms with Gasteiger partial charge in [-0.3, -0.25) is 5.32 Å². The highest BCUT2D eigenvalue weighted by atomic mass is 16.5. The molecule has 0 aromatic heterocycles. The quantitative estimate of drug-likeness (QED) is 0.806. The minimum Gasteiger partial charge on any atom is -0.460 e. The van der Waals surface area contributed by atoms with Crippen LogP contribution in [-0.4, -0.2) is 36.3 Å². The van der Waals surface area contributed by atoms with Gasteiger partial charge >= 0.3 is 0 Å². The van der Waals surface area contributed by atoms with Crippen LogP contribution in [0.15, 0.2) is 70.6 Å². The zero-order valence-corrected chi connectivity index (χ0v) is 17.1. The monoisotopic (exact) mass is 391 g/mol. The van der Waals surface area contributed by atoms with Gasteiger partial charge in [0.1, 0.15) is 12.2 Å². The fraction of sp³-hybridized carbons (Fsp3) is 0.417. The van der Waals surface area contributed by atoms with E-state index in [4.69, 9.17) is 19.5 Å². The predicted octanol–water partition coefficient (Wildman–Crippen LogP) is 4.13. The Balaban J connectivity index is 1.30. The first-order valence-electron chi connectivity index (χ1n) is 10.5. The second-order valence-corrected chi connectivity index (χ2v) is 7.82. The summed E-state index contributed by atoms with van der Waals surface area (Å²) < 4.78 is 11.8. The Kier molecular flexibility index (Phi) is 6.13. The lowest BCUT2D eigenvalue weighted by molar-refractivity contribution is 0.190. The van der Waals surface area contributed by atoms with E-state index in [1.54, 1.807) is 0 Å². The van der Waals surface area contributed by atoms with Crippen LogP contribution in [0, 0.1) is 0 Å². The number of aryl methyl sites for hydroxylation is 2. The summed E-state index contributed by atoms with van der Waals surface area (Å²) in [5.41, 5.74) is 2.66. The molecule has 0 saturated heterocycles. The Morgan fingerprint density at radius 3 is 1.52 bits per heavy atom. The third-order valence-corrected chi connectivity index (χ3v) is 5.60. The van der Waals surface area contributed by atoms with Gasteiger partial charge in [-0.25, -0.2) is 9.98 Å². The van der Waals surface area contributed by atoms with Crippen molar-refractivity contribution in [3.05, 3.63) is 71.8 Å². The van der Waals surface area contributed by atoms with Crippen molar-refractivity contribution in [3.8, 4) is 0 Å². The Hall–Kier alpha value is -2.82. The molecule has 2 heterocycles. The van der Waals surface area contributed by atoms with Gasteiger partial charge in [-0.2, -0.15) is 0 Å². The Morgan fingerprint density at radius 1 is 0.690 bits per heavy atom. The third-order valence-electron chi connectivity index (χ3n) is 5.60. The summed E-state index contributed by atoms with van der Waals surface area (Å²) in [6.45, 7) is 4.13. The predicted molar refractivity (Wildman–Crippen MR) is 116 cm³/mol. The van der Waals surface area contributed by atoms with E-state index >= 15 is 0 Å². The molecule has 29 heavy (non-hydrogen) atoms. The molecule has 0 radical (unpaired) electrons. The van der Waals surface area contributed by atoms with Crippen LogP contribution in [0.25, 0.3) is 0 Å². The van der Waals surface area contributed by atoms with Crippen molar-refractivity contribution < 1.29 is 9.47 Å². The number of rotatable bonds is 6. The zero-order valence-electron chi connectivity index (χ0n) is 17.1. The van der Waals surface area contributed by atoms with Crippen LogP contribution in [0.4, 0.5) is 0 Å². The van der Waals surface area contributed by atoms with Gasteiger partial charge in [0.15, 0.2) is 0 Å². The molecule has 5 heteroatoms. The van der Waals surface area contributed by atoms with Crippen LogP contribution in [0.3, 0.4) is 0 Å². The molecule has 1 N–H and O–H groups in total. The van der Waals surface area contributed by atoms with E-state index in [0.717, 1.165) is 25.7 Å². The smallest absolute Gasteiger partial charge is 0.293 e. The van der Waals surface area contributed by atoms with Crippen molar-refractivity contribution in [2.24, 2.45) is 9.98 Å². The van der Waals surface area contributed by atoms with Crippen LogP contribution >= 0.6 is 0 Å². The molecule has 2 aromatic carbocycles. The Bertz CT molecular complexity index is 779. The van der Waals surface area contributed by atoms with Crippen molar-refractivity contribution in [3.63, 3.8) is 0 Å². The lowest BCUT2D eigenvalue weighted by atomic mass is 10.0. The van der Waals surface area contributed by atoms with E-state index < -0.39 is 0 Å². The van der Waals surface area contributed by atoms with Crippen LogP contribution in [0.5, 0.6) is 0 Å². The summed E-state index contributed by atoms with van der Waals surface area (Å²) in [7, 11) is 0. The van der Waals surface area contributed by atoms with Crippen molar-refractivity contribution in [2.45, 2.75) is 63.8 Å². The van der Waals surface area contributed by atoms with Gasteiger partial charge in [0, 0.05) is 0 Å². The van der Waals surface area contributed by atoms with Gasteiger partial charge in [0.2, 0.25) is 0 Å². The van der Waals surface area contributed by atoms with E-state index in [1.807, 2.05) is 12.1 Å². The maximum Gasteiger partial charge on any atom is 0.293 e. The van der Waals surface area contributed by atoms with Gasteiger partial charge in [-0.15, -0.1) is 0 Å². The van der Waals surface area contributed by atoms with Crippen molar-refractivity contribution in [1.82, 2.24) is 5.32 Å². The summed E-state index contributed by atoms with van der Waals surface area (Å²) in [6.07, 6.45) is 4.00. The minimum absolute atomic E-state index is 0.0505. The van der Waals surface area contributed by atoms with Gasteiger partial charge in [0.25, 0.3) is 12.0 Å². The zero-order chi connectivity index (χ0) is 20.1. The van der Waals surface area contributed by atoms with Crippen LogP contribution < -0.4 is 5.32 Å². The number of amidine groups is 2. The molecule has 4 atom stereocenters. The summed E-state index contributed by atoms with van der Waals surface area (Å²) >= 11 is 0. The van der Waals surface area contributed by atoms with Gasteiger partial charge in [0.05, 0.1) is 12.1 Å². The van der Waals surface area contributed by atoms with Crippen molar-refractivity contribution in [1.29, 1.82) is 0 Å². The second kappa shape index (κ2) is 9.12. The van der Waals surface area contributed by atoms with Gasteiger partial charge in [-0.05, 0) is 50.7 Å². The number of hydrogen-bond acceptors (Lipinski definition) is 5. The molecule has 0 saturated carbocycles. The number of benzene rings is 2. The first-order valence-corrected chi connectivity index (χ1v) is 10.5. The molecule has 4 unspecified atom stereocenters. The average molecular weight is 392 g/mol. The number of nitrogens with zero attached hydrogens (tertiary/aromatic N) is 2. The molecule has 2 aromatic rings. The number of nitrogens with one attached hydrogen (secondary N) is 1. The Labute approximate surface area is 172 Å². The molecule has 0 spiro atoms. The summed E-state index contributed by atoms with van der Waals surface area (Å²) in [5.74, 6) is 0. The molecule has 152 valence electrons. The number of hydrogen-bond donors (Lipinski definition) is 1. The highest BCUT2D eigenvalue weighted by molar-refractivity contribution is 5.94. The largest absolute Gasteiger partial charge is 0.460 e. The van der Waals surface area contributed by atoms with E-state index in [1.165, 1.54) is 11.1 Å². The van der Waals surface area contributed by atoms with Crippen LogP contribution in [-0.2, 0) is 22.3 Å². The molecule has 2 aliphatic heterocycles. The molecule has 0 fully saturated rings.